The van der Waals surface area contributed by atoms with Crippen molar-refractivity contribution in [3.63, 3.8) is 0 Å². The monoisotopic (exact) mass is 457 g/mol. The zero-order chi connectivity index (χ0) is 24.8. The smallest absolute Gasteiger partial charge is 0.259 e. The van der Waals surface area contributed by atoms with Crippen molar-refractivity contribution in [1.29, 1.82) is 5.26 Å². The number of rotatable bonds is 4. The van der Waals surface area contributed by atoms with Gasteiger partial charge in [-0.15, -0.1) is 0 Å². The predicted molar refractivity (Wildman–Crippen MR) is 128 cm³/mol. The van der Waals surface area contributed by atoms with Crippen LogP contribution in [0.4, 0.5) is 5.69 Å². The van der Waals surface area contributed by atoms with E-state index in [-0.39, 0.29) is 23.2 Å². The minimum Gasteiger partial charge on any atom is -0.496 e. The van der Waals surface area contributed by atoms with Crippen molar-refractivity contribution < 1.29 is 19.1 Å². The van der Waals surface area contributed by atoms with Crippen LogP contribution in [0.1, 0.15) is 59.0 Å². The normalized spacial score (nSPS) is 22.5. The van der Waals surface area contributed by atoms with Gasteiger partial charge < -0.3 is 15.8 Å². The Labute approximate surface area is 198 Å². The molecule has 2 aliphatic rings. The number of nitrogens with one attached hydrogen (secondary N) is 1. The second-order valence-electron chi connectivity index (χ2n) is 9.70. The molecule has 7 heteroatoms. The molecule has 0 saturated carbocycles. The average molecular weight is 458 g/mol. The summed E-state index contributed by atoms with van der Waals surface area (Å²) in [6, 6.07) is 12.1. The molecule has 0 bridgehead atoms. The Hall–Kier alpha value is -3.92. The number of benzene rings is 2. The number of ketones is 1. The van der Waals surface area contributed by atoms with Gasteiger partial charge in [-0.1, -0.05) is 26.8 Å². The molecule has 0 aromatic heterocycles. The van der Waals surface area contributed by atoms with Gasteiger partial charge in [0.1, 0.15) is 11.8 Å². The first-order valence-corrected chi connectivity index (χ1v) is 11.1. The van der Waals surface area contributed by atoms with Crippen LogP contribution in [0.3, 0.4) is 0 Å². The van der Waals surface area contributed by atoms with Crippen LogP contribution in [-0.4, -0.2) is 24.7 Å². The number of primary amides is 1. The fourth-order valence-corrected chi connectivity index (χ4v) is 5.63. The van der Waals surface area contributed by atoms with Crippen LogP contribution in [0.5, 0.6) is 5.75 Å². The number of Topliss-reactive ketones (excluding diaryl/α,β-unsaturated/α-hetero) is 1. The number of hydrogen-bond donors (Lipinski definition) is 2. The molecule has 0 aliphatic heterocycles. The van der Waals surface area contributed by atoms with Crippen LogP contribution in [0.25, 0.3) is 0 Å². The maximum absolute atomic E-state index is 13.1. The van der Waals surface area contributed by atoms with Gasteiger partial charge >= 0.3 is 0 Å². The number of fused-ring (bicyclic) bond motifs is 3. The van der Waals surface area contributed by atoms with E-state index in [1.54, 1.807) is 30.3 Å². The predicted octanol–water partition coefficient (Wildman–Crippen LogP) is 3.93. The number of nitriles is 1. The molecule has 0 unspecified atom stereocenters. The Morgan fingerprint density at radius 1 is 1.18 bits per heavy atom. The number of methoxy groups -OCH3 is 1. The maximum Gasteiger partial charge on any atom is 0.259 e. The Morgan fingerprint density at radius 3 is 2.44 bits per heavy atom. The summed E-state index contributed by atoms with van der Waals surface area (Å²) in [6.07, 6.45) is 3.27. The molecule has 0 saturated heterocycles. The van der Waals surface area contributed by atoms with Crippen LogP contribution < -0.4 is 15.8 Å². The van der Waals surface area contributed by atoms with Gasteiger partial charge in [-0.2, -0.15) is 5.26 Å². The highest BCUT2D eigenvalue weighted by Gasteiger charge is 2.54. The van der Waals surface area contributed by atoms with Crippen LogP contribution in [0.2, 0.25) is 0 Å². The molecule has 174 valence electrons. The van der Waals surface area contributed by atoms with Gasteiger partial charge in [0.15, 0.2) is 5.78 Å². The topological polar surface area (TPSA) is 122 Å². The molecule has 2 aliphatic carbocycles. The number of carbonyl (C=O) groups excluding carboxylic acids is 3. The van der Waals surface area contributed by atoms with Crippen LogP contribution >= 0.6 is 0 Å². The molecule has 3 N–H and O–H groups in total. The quantitative estimate of drug-likeness (QED) is 0.720. The summed E-state index contributed by atoms with van der Waals surface area (Å²) < 4.78 is 5.60. The number of nitrogens with two attached hydrogens (primary N) is 1. The van der Waals surface area contributed by atoms with Gasteiger partial charge in [0, 0.05) is 22.1 Å². The van der Waals surface area contributed by atoms with Gasteiger partial charge in [-0.3, -0.25) is 14.4 Å². The minimum atomic E-state index is -0.674. The van der Waals surface area contributed by atoms with E-state index in [9.17, 15) is 19.6 Å². The van der Waals surface area contributed by atoms with Crippen LogP contribution in [-0.2, 0) is 16.6 Å². The summed E-state index contributed by atoms with van der Waals surface area (Å²) in [7, 11) is 1.51. The SMILES string of the molecule is COc1cc2c(cc1C(=O)Nc1ccc(C(N)=O)cc1)CC[C@H]1C(C)(C)C(=O)C(C#N)=C[C@]21C. The molecule has 2 aromatic carbocycles. The summed E-state index contributed by atoms with van der Waals surface area (Å²) in [6.45, 7) is 5.88. The number of amides is 2. The summed E-state index contributed by atoms with van der Waals surface area (Å²) in [5.41, 5.74) is 7.46. The standard InChI is InChI=1S/C27H27N3O4/c1-26(2)22-10-7-16-11-19(25(33)30-18-8-5-15(6-9-18)24(29)32)21(34-4)12-20(16)27(22,3)13-17(14-28)23(26)31/h5-6,8-9,11-13,22H,7,10H2,1-4H3,(H2,29,32)(H,30,33)/t22-,27+/m0/s1. The van der Waals surface area contributed by atoms with Gasteiger partial charge in [-0.05, 0) is 66.3 Å². The van der Waals surface area contributed by atoms with E-state index in [0.29, 0.717) is 29.0 Å². The van der Waals surface area contributed by atoms with Gasteiger partial charge in [0.05, 0.1) is 18.2 Å². The third-order valence-corrected chi connectivity index (χ3v) is 7.37. The molecule has 0 fully saturated rings. The molecule has 0 spiro atoms. The Morgan fingerprint density at radius 2 is 1.85 bits per heavy atom. The van der Waals surface area contributed by atoms with Crippen molar-refractivity contribution in [2.24, 2.45) is 17.1 Å². The van der Waals surface area contributed by atoms with Crippen molar-refractivity contribution in [3.8, 4) is 11.8 Å². The Bertz CT molecular complexity index is 1280. The summed E-state index contributed by atoms with van der Waals surface area (Å²) >= 11 is 0. The van der Waals surface area contributed by atoms with Gasteiger partial charge in [0.25, 0.3) is 5.91 Å². The molecule has 34 heavy (non-hydrogen) atoms. The first kappa shape index (κ1) is 23.2. The fraction of sp³-hybridized carbons (Fsp3) is 0.333. The van der Waals surface area contributed by atoms with E-state index in [1.807, 2.05) is 26.0 Å². The minimum absolute atomic E-state index is 0.0188. The largest absolute Gasteiger partial charge is 0.496 e. The summed E-state index contributed by atoms with van der Waals surface area (Å²) in [5.74, 6) is -0.571. The molecule has 0 radical (unpaired) electrons. The molecule has 2 aromatic rings. The van der Waals surface area contributed by atoms with Gasteiger partial charge in [-0.25, -0.2) is 0 Å². The zero-order valence-corrected chi connectivity index (χ0v) is 19.7. The Balaban J connectivity index is 1.75. The molecule has 0 heterocycles. The number of aryl methyl sites for hydroxylation is 1. The number of nitrogens with zero attached hydrogens (tertiary/aromatic N) is 1. The van der Waals surface area contributed by atoms with E-state index in [2.05, 4.69) is 18.3 Å². The first-order chi connectivity index (χ1) is 16.0. The summed E-state index contributed by atoms with van der Waals surface area (Å²) in [4.78, 5) is 37.3. The fourth-order valence-electron chi connectivity index (χ4n) is 5.63. The lowest BCUT2D eigenvalue weighted by molar-refractivity contribution is -0.128. The Kier molecular flexibility index (Phi) is 5.56. The second kappa shape index (κ2) is 8.14. The maximum atomic E-state index is 13.1. The average Bonchev–Trinajstić information content (AvgIpc) is 2.81. The highest BCUT2D eigenvalue weighted by molar-refractivity contribution is 6.07. The van der Waals surface area contributed by atoms with E-state index < -0.39 is 16.7 Å². The first-order valence-electron chi connectivity index (χ1n) is 11.1. The van der Waals surface area contributed by atoms with Crippen molar-refractivity contribution in [1.82, 2.24) is 0 Å². The lowest BCUT2D eigenvalue weighted by atomic mass is 9.51. The second-order valence-corrected chi connectivity index (χ2v) is 9.70. The van der Waals surface area contributed by atoms with Crippen molar-refractivity contribution in [3.05, 3.63) is 70.3 Å². The number of anilines is 1. The third-order valence-electron chi connectivity index (χ3n) is 7.37. The van der Waals surface area contributed by atoms with Crippen LogP contribution in [0.15, 0.2) is 48.0 Å². The lowest BCUT2D eigenvalue weighted by Crippen LogP contribution is -2.51. The third kappa shape index (κ3) is 3.56. The number of hydrogen-bond acceptors (Lipinski definition) is 5. The highest BCUT2D eigenvalue weighted by Crippen LogP contribution is 2.55. The van der Waals surface area contributed by atoms with Gasteiger partial charge in [0.2, 0.25) is 5.91 Å². The number of ether oxygens (including phenoxy) is 1. The van der Waals surface area contributed by atoms with Crippen molar-refractivity contribution >= 4 is 23.3 Å². The summed E-state index contributed by atoms with van der Waals surface area (Å²) in [5, 5.41) is 12.4. The van der Waals surface area contributed by atoms with E-state index in [0.717, 1.165) is 17.5 Å². The van der Waals surface area contributed by atoms with Crippen molar-refractivity contribution in [2.45, 2.75) is 39.0 Å². The van der Waals surface area contributed by atoms with Crippen molar-refractivity contribution in [2.75, 3.05) is 12.4 Å². The van der Waals surface area contributed by atoms with E-state index in [1.165, 1.54) is 7.11 Å². The van der Waals surface area contributed by atoms with E-state index in [4.69, 9.17) is 10.5 Å². The number of carbonyl (C=O) groups is 3. The number of allylic oxidation sites excluding steroid dienone is 2. The molecular formula is C27H27N3O4. The molecular weight excluding hydrogens is 430 g/mol. The molecule has 7 nitrogen and oxygen atoms in total. The molecule has 2 atom stereocenters. The highest BCUT2D eigenvalue weighted by atomic mass is 16.5. The molecule has 4 rings (SSSR count). The lowest BCUT2D eigenvalue weighted by Gasteiger charge is -2.51. The van der Waals surface area contributed by atoms with E-state index >= 15 is 0 Å². The molecule has 2 amide bonds. The zero-order valence-electron chi connectivity index (χ0n) is 19.7. The van der Waals surface area contributed by atoms with Crippen LogP contribution in [0, 0.1) is 22.7 Å².